The summed E-state index contributed by atoms with van der Waals surface area (Å²) in [6.45, 7) is 3.42. The Morgan fingerprint density at radius 1 is 1.60 bits per heavy atom. The molecule has 88 valence electrons. The van der Waals surface area contributed by atoms with Gasteiger partial charge in [0.05, 0.1) is 0 Å². The summed E-state index contributed by atoms with van der Waals surface area (Å²) in [6, 6.07) is 0. The quantitative estimate of drug-likeness (QED) is 0.716. The maximum atomic E-state index is 11.2. The first-order chi connectivity index (χ1) is 6.86. The maximum Gasteiger partial charge on any atom is 0.215 e. The van der Waals surface area contributed by atoms with Crippen molar-refractivity contribution in [1.82, 2.24) is 0 Å². The molecule has 0 saturated carbocycles. The smallest absolute Gasteiger partial charge is 0.215 e. The van der Waals surface area contributed by atoms with E-state index in [0.717, 1.165) is 5.70 Å². The lowest BCUT2D eigenvalue weighted by molar-refractivity contribution is 0.171. The van der Waals surface area contributed by atoms with E-state index in [4.69, 9.17) is 9.88 Å². The number of hydrogen-bond acceptors (Lipinski definition) is 4. The van der Waals surface area contributed by atoms with E-state index in [2.05, 4.69) is 4.99 Å². The molecule has 0 amide bonds. The molecule has 3 atom stereocenters. The standard InChI is InChI=1S/C8H16N2O3S2/c1-6-4-14(5-10-6)8(13-3)7(2)15(9,11)12/h4-5,7-8,14H,1-3H3,(H2,9,11,12). The molecule has 0 aromatic rings. The van der Waals surface area contributed by atoms with Gasteiger partial charge in [-0.1, -0.05) is 0 Å². The Kier molecular flexibility index (Phi) is 3.93. The first kappa shape index (κ1) is 12.7. The second-order valence-corrected chi connectivity index (χ2v) is 7.20. The number of rotatable bonds is 4. The molecule has 15 heavy (non-hydrogen) atoms. The highest BCUT2D eigenvalue weighted by Crippen LogP contribution is 2.39. The number of allylic oxidation sites excluding steroid dienone is 1. The van der Waals surface area contributed by atoms with E-state index in [1.54, 1.807) is 12.5 Å². The van der Waals surface area contributed by atoms with Gasteiger partial charge in [-0.3, -0.25) is 4.99 Å². The zero-order chi connectivity index (χ0) is 11.6. The van der Waals surface area contributed by atoms with Crippen LogP contribution < -0.4 is 5.14 Å². The molecule has 0 spiro atoms. The average molecular weight is 252 g/mol. The molecule has 5 nitrogen and oxygen atoms in total. The van der Waals surface area contributed by atoms with Crippen molar-refractivity contribution < 1.29 is 13.2 Å². The second kappa shape index (κ2) is 4.65. The van der Waals surface area contributed by atoms with Gasteiger partial charge < -0.3 is 4.74 Å². The number of thiol groups is 1. The van der Waals surface area contributed by atoms with Gasteiger partial charge in [0.1, 0.15) is 10.7 Å². The summed E-state index contributed by atoms with van der Waals surface area (Å²) in [4.78, 5) is 4.10. The first-order valence-electron chi connectivity index (χ1n) is 4.40. The number of primary sulfonamides is 1. The third-order valence-corrected chi connectivity index (χ3v) is 5.97. The summed E-state index contributed by atoms with van der Waals surface area (Å²) in [5, 5.41) is 6.31. The Bertz CT molecular complexity index is 389. The van der Waals surface area contributed by atoms with Gasteiger partial charge in [-0.25, -0.2) is 13.6 Å². The van der Waals surface area contributed by atoms with E-state index >= 15 is 0 Å². The van der Waals surface area contributed by atoms with Crippen LogP contribution >= 0.6 is 10.9 Å². The molecule has 7 heteroatoms. The van der Waals surface area contributed by atoms with Gasteiger partial charge in [-0.05, 0) is 19.3 Å². The number of methoxy groups -OCH3 is 1. The van der Waals surface area contributed by atoms with Crippen LogP contribution in [-0.2, 0) is 14.8 Å². The number of aliphatic imine (C=N–C) groups is 1. The fourth-order valence-electron chi connectivity index (χ4n) is 1.30. The van der Waals surface area contributed by atoms with Crippen molar-refractivity contribution in [2.24, 2.45) is 10.1 Å². The van der Waals surface area contributed by atoms with Crippen LogP contribution in [0.1, 0.15) is 13.8 Å². The summed E-state index contributed by atoms with van der Waals surface area (Å²) in [5.74, 6) is 0. The zero-order valence-electron chi connectivity index (χ0n) is 8.91. The van der Waals surface area contributed by atoms with Crippen molar-refractivity contribution in [3.05, 3.63) is 11.1 Å². The predicted octanol–water partition coefficient (Wildman–Crippen LogP) is 0.540. The van der Waals surface area contributed by atoms with E-state index in [1.807, 2.05) is 12.3 Å². The summed E-state index contributed by atoms with van der Waals surface area (Å²) >= 11 is 0. The summed E-state index contributed by atoms with van der Waals surface area (Å²) in [6.07, 6.45) is 0. The lowest BCUT2D eigenvalue weighted by Gasteiger charge is -2.26. The average Bonchev–Trinajstić information content (AvgIpc) is 2.51. The Hall–Kier alpha value is -0.370. The van der Waals surface area contributed by atoms with Crippen LogP contribution in [0.4, 0.5) is 0 Å². The summed E-state index contributed by atoms with van der Waals surface area (Å²) in [7, 11) is -2.87. The summed E-state index contributed by atoms with van der Waals surface area (Å²) < 4.78 is 27.6. The van der Waals surface area contributed by atoms with Crippen LogP contribution in [0, 0.1) is 0 Å². The number of nitrogens with two attached hydrogens (primary N) is 1. The minimum Gasteiger partial charge on any atom is -0.370 e. The molecule has 1 rings (SSSR count). The van der Waals surface area contributed by atoms with Crippen molar-refractivity contribution >= 4 is 26.5 Å². The normalized spacial score (nSPS) is 27.5. The molecule has 0 saturated heterocycles. The third kappa shape index (κ3) is 3.04. The lowest BCUT2D eigenvalue weighted by atomic mass is 10.5. The highest BCUT2D eigenvalue weighted by molar-refractivity contribution is 8.31. The molecule has 1 aliphatic heterocycles. The van der Waals surface area contributed by atoms with Crippen molar-refractivity contribution in [2.45, 2.75) is 24.5 Å². The van der Waals surface area contributed by atoms with Gasteiger partial charge >= 0.3 is 0 Å². The molecule has 2 N–H and O–H groups in total. The minimum absolute atomic E-state index is 0.420. The molecule has 0 radical (unpaired) electrons. The SMILES string of the molecule is COC(C(C)S(N)(=O)=O)[SH]1C=NC(C)=C1. The van der Waals surface area contributed by atoms with Crippen LogP contribution in [0.3, 0.4) is 0 Å². The highest BCUT2D eigenvalue weighted by atomic mass is 32.2. The van der Waals surface area contributed by atoms with Crippen LogP contribution in [0.2, 0.25) is 0 Å². The van der Waals surface area contributed by atoms with Crippen molar-refractivity contribution in [2.75, 3.05) is 7.11 Å². The Balaban J connectivity index is 2.86. The first-order valence-corrected chi connectivity index (χ1v) is 7.56. The molecule has 0 aliphatic carbocycles. The van der Waals surface area contributed by atoms with E-state index < -0.39 is 31.6 Å². The van der Waals surface area contributed by atoms with Crippen LogP contribution in [0.15, 0.2) is 16.1 Å². The third-order valence-electron chi connectivity index (χ3n) is 2.19. The fraction of sp³-hybridized carbons (Fsp3) is 0.625. The molecular formula is C8H16N2O3S2. The number of nitrogens with zero attached hydrogens (tertiary/aromatic N) is 1. The molecule has 0 fully saturated rings. The number of sulfonamides is 1. The molecule has 0 bridgehead atoms. The number of ether oxygens (including phenoxy) is 1. The van der Waals surface area contributed by atoms with Crippen molar-refractivity contribution in [1.29, 1.82) is 0 Å². The fourth-order valence-corrected chi connectivity index (χ4v) is 4.55. The van der Waals surface area contributed by atoms with E-state index in [9.17, 15) is 8.42 Å². The second-order valence-electron chi connectivity index (χ2n) is 3.38. The van der Waals surface area contributed by atoms with Crippen LogP contribution in [0.25, 0.3) is 0 Å². The molecule has 1 heterocycles. The van der Waals surface area contributed by atoms with Crippen molar-refractivity contribution in [3.63, 3.8) is 0 Å². The topological polar surface area (TPSA) is 81.8 Å². The van der Waals surface area contributed by atoms with Gasteiger partial charge in [-0.15, -0.1) is 0 Å². The largest absolute Gasteiger partial charge is 0.370 e. The Morgan fingerprint density at radius 2 is 2.20 bits per heavy atom. The molecule has 0 aromatic heterocycles. The Morgan fingerprint density at radius 3 is 2.53 bits per heavy atom. The number of hydrogen-bond donors (Lipinski definition) is 2. The van der Waals surface area contributed by atoms with Crippen LogP contribution in [-0.4, -0.2) is 31.8 Å². The predicted molar refractivity (Wildman–Crippen MR) is 64.6 cm³/mol. The van der Waals surface area contributed by atoms with Crippen LogP contribution in [0.5, 0.6) is 0 Å². The van der Waals surface area contributed by atoms with E-state index in [0.29, 0.717) is 0 Å². The highest BCUT2D eigenvalue weighted by Gasteiger charge is 2.30. The summed E-state index contributed by atoms with van der Waals surface area (Å²) in [5.41, 5.74) is 2.22. The lowest BCUT2D eigenvalue weighted by Crippen LogP contribution is -2.37. The molecular weight excluding hydrogens is 236 g/mol. The molecule has 1 aliphatic rings. The van der Waals surface area contributed by atoms with Gasteiger partial charge in [-0.2, -0.15) is 10.9 Å². The zero-order valence-corrected chi connectivity index (χ0v) is 10.6. The molecule has 3 unspecified atom stereocenters. The Labute approximate surface area is 92.8 Å². The van der Waals surface area contributed by atoms with Gasteiger partial charge in [0, 0.05) is 18.4 Å². The van der Waals surface area contributed by atoms with E-state index in [-0.39, 0.29) is 0 Å². The molecule has 0 aromatic carbocycles. The van der Waals surface area contributed by atoms with Gasteiger partial charge in [0.15, 0.2) is 0 Å². The monoisotopic (exact) mass is 252 g/mol. The van der Waals surface area contributed by atoms with Crippen molar-refractivity contribution in [3.8, 4) is 0 Å². The maximum absolute atomic E-state index is 11.2. The van der Waals surface area contributed by atoms with E-state index in [1.165, 1.54) is 7.11 Å². The van der Waals surface area contributed by atoms with Gasteiger partial charge in [0.25, 0.3) is 0 Å². The van der Waals surface area contributed by atoms with Gasteiger partial charge in [0.2, 0.25) is 10.0 Å². The minimum atomic E-state index is -3.57.